The van der Waals surface area contributed by atoms with Crippen LogP contribution in [0.2, 0.25) is 0 Å². The van der Waals surface area contributed by atoms with Gasteiger partial charge in [-0.05, 0) is 31.6 Å². The highest BCUT2D eigenvalue weighted by molar-refractivity contribution is 5.37. The van der Waals surface area contributed by atoms with Crippen molar-refractivity contribution in [2.45, 2.75) is 38.6 Å². The Morgan fingerprint density at radius 2 is 1.56 bits per heavy atom. The van der Waals surface area contributed by atoms with Crippen molar-refractivity contribution in [3.63, 3.8) is 0 Å². The molecule has 2 rings (SSSR count). The van der Waals surface area contributed by atoms with Crippen LogP contribution in [-0.4, -0.2) is 21.0 Å². The Labute approximate surface area is 94.9 Å². The van der Waals surface area contributed by atoms with Crippen LogP contribution in [0.15, 0.2) is 0 Å². The Hall–Kier alpha value is -1.59. The molecule has 1 aromatic rings. The molecule has 1 saturated carbocycles. The van der Waals surface area contributed by atoms with Gasteiger partial charge < -0.3 is 16.8 Å². The van der Waals surface area contributed by atoms with E-state index in [-0.39, 0.29) is 11.9 Å². The highest BCUT2D eigenvalue weighted by Gasteiger charge is 2.18. The second-order valence-corrected chi connectivity index (χ2v) is 4.48. The molecule has 0 spiro atoms. The molecule has 5 N–H and O–H groups in total. The summed E-state index contributed by atoms with van der Waals surface area (Å²) in [5.74, 6) is 1.65. The van der Waals surface area contributed by atoms with Gasteiger partial charge >= 0.3 is 0 Å². The number of hydrogen-bond acceptors (Lipinski definition) is 6. The molecule has 0 amide bonds. The standard InChI is InChI=1S/C10H18N6/c1-6-2-4-7(5-3-6)13-10-15-8(11)14-9(12)16-10/h6-7H,2-5H2,1H3,(H5,11,12,13,14,15,16). The van der Waals surface area contributed by atoms with Gasteiger partial charge in [0.1, 0.15) is 0 Å². The largest absolute Gasteiger partial charge is 0.368 e. The van der Waals surface area contributed by atoms with Crippen molar-refractivity contribution in [3.8, 4) is 0 Å². The summed E-state index contributed by atoms with van der Waals surface area (Å²) in [6.07, 6.45) is 4.78. The van der Waals surface area contributed by atoms with Crippen molar-refractivity contribution in [1.82, 2.24) is 15.0 Å². The van der Waals surface area contributed by atoms with Crippen LogP contribution in [-0.2, 0) is 0 Å². The molecule has 1 aliphatic carbocycles. The number of rotatable bonds is 2. The molecule has 1 aliphatic rings. The average Bonchev–Trinajstić information content (AvgIpc) is 2.20. The van der Waals surface area contributed by atoms with Crippen LogP contribution >= 0.6 is 0 Å². The molecular weight excluding hydrogens is 204 g/mol. The fourth-order valence-corrected chi connectivity index (χ4v) is 2.06. The van der Waals surface area contributed by atoms with Gasteiger partial charge in [-0.1, -0.05) is 6.92 Å². The number of hydrogen-bond donors (Lipinski definition) is 3. The summed E-state index contributed by atoms with van der Waals surface area (Å²) in [4.78, 5) is 11.8. The van der Waals surface area contributed by atoms with Crippen molar-refractivity contribution in [1.29, 1.82) is 0 Å². The molecule has 1 heterocycles. The van der Waals surface area contributed by atoms with E-state index in [1.165, 1.54) is 12.8 Å². The van der Waals surface area contributed by atoms with Crippen LogP contribution in [0.25, 0.3) is 0 Å². The summed E-state index contributed by atoms with van der Waals surface area (Å²) in [5, 5.41) is 3.26. The van der Waals surface area contributed by atoms with Gasteiger partial charge in [-0.2, -0.15) is 15.0 Å². The van der Waals surface area contributed by atoms with Crippen LogP contribution in [0.5, 0.6) is 0 Å². The minimum atomic E-state index is 0.166. The third kappa shape index (κ3) is 2.71. The maximum atomic E-state index is 5.50. The zero-order chi connectivity index (χ0) is 11.5. The summed E-state index contributed by atoms with van der Waals surface area (Å²) < 4.78 is 0. The van der Waals surface area contributed by atoms with Gasteiger partial charge in [-0.25, -0.2) is 0 Å². The second-order valence-electron chi connectivity index (χ2n) is 4.48. The maximum Gasteiger partial charge on any atom is 0.229 e. The molecule has 88 valence electrons. The van der Waals surface area contributed by atoms with Crippen molar-refractivity contribution in [3.05, 3.63) is 0 Å². The predicted molar refractivity (Wildman–Crippen MR) is 63.7 cm³/mol. The lowest BCUT2D eigenvalue weighted by molar-refractivity contribution is 0.360. The maximum absolute atomic E-state index is 5.50. The summed E-state index contributed by atoms with van der Waals surface area (Å²) in [5.41, 5.74) is 11.0. The Kier molecular flexibility index (Phi) is 3.07. The lowest BCUT2D eigenvalue weighted by atomic mass is 9.87. The number of nitrogens with zero attached hydrogens (tertiary/aromatic N) is 3. The molecule has 0 bridgehead atoms. The minimum Gasteiger partial charge on any atom is -0.368 e. The quantitative estimate of drug-likeness (QED) is 0.690. The number of anilines is 3. The monoisotopic (exact) mass is 222 g/mol. The molecule has 6 heteroatoms. The molecule has 0 saturated heterocycles. The summed E-state index contributed by atoms with van der Waals surface area (Å²) >= 11 is 0. The van der Waals surface area contributed by atoms with Crippen LogP contribution in [0.3, 0.4) is 0 Å². The first-order valence-corrected chi connectivity index (χ1v) is 5.67. The molecule has 6 nitrogen and oxygen atoms in total. The normalized spacial score (nSPS) is 25.3. The molecule has 16 heavy (non-hydrogen) atoms. The van der Waals surface area contributed by atoms with E-state index in [9.17, 15) is 0 Å². The smallest absolute Gasteiger partial charge is 0.229 e. The van der Waals surface area contributed by atoms with Gasteiger partial charge in [-0.3, -0.25) is 0 Å². The first-order chi connectivity index (χ1) is 7.63. The number of nitrogens with two attached hydrogens (primary N) is 2. The first-order valence-electron chi connectivity index (χ1n) is 5.67. The topological polar surface area (TPSA) is 103 Å². The lowest BCUT2D eigenvalue weighted by Gasteiger charge is -2.26. The fraction of sp³-hybridized carbons (Fsp3) is 0.700. The Morgan fingerprint density at radius 3 is 2.12 bits per heavy atom. The van der Waals surface area contributed by atoms with Crippen LogP contribution in [0.1, 0.15) is 32.6 Å². The number of nitrogen functional groups attached to an aromatic ring is 2. The molecule has 0 radical (unpaired) electrons. The van der Waals surface area contributed by atoms with E-state index in [2.05, 4.69) is 27.2 Å². The zero-order valence-electron chi connectivity index (χ0n) is 9.48. The van der Waals surface area contributed by atoms with E-state index in [1.54, 1.807) is 0 Å². The zero-order valence-corrected chi connectivity index (χ0v) is 9.48. The van der Waals surface area contributed by atoms with Gasteiger partial charge in [0, 0.05) is 6.04 Å². The van der Waals surface area contributed by atoms with Crippen LogP contribution < -0.4 is 16.8 Å². The third-order valence-corrected chi connectivity index (χ3v) is 3.02. The summed E-state index contributed by atoms with van der Waals surface area (Å²) in [7, 11) is 0. The van der Waals surface area contributed by atoms with E-state index in [4.69, 9.17) is 11.5 Å². The van der Waals surface area contributed by atoms with Gasteiger partial charge in [0.15, 0.2) is 0 Å². The number of aromatic nitrogens is 3. The van der Waals surface area contributed by atoms with Crippen molar-refractivity contribution < 1.29 is 0 Å². The minimum absolute atomic E-state index is 0.166. The van der Waals surface area contributed by atoms with Crippen molar-refractivity contribution in [2.24, 2.45) is 5.92 Å². The molecule has 0 aliphatic heterocycles. The third-order valence-electron chi connectivity index (χ3n) is 3.02. The van der Waals surface area contributed by atoms with E-state index < -0.39 is 0 Å². The number of nitrogens with one attached hydrogen (secondary N) is 1. The van der Waals surface area contributed by atoms with Crippen LogP contribution in [0, 0.1) is 5.92 Å². The first kappa shape index (κ1) is 10.9. The Bertz CT molecular complexity index is 338. The van der Waals surface area contributed by atoms with E-state index in [0.29, 0.717) is 12.0 Å². The van der Waals surface area contributed by atoms with Gasteiger partial charge in [0.2, 0.25) is 17.8 Å². The van der Waals surface area contributed by atoms with Crippen molar-refractivity contribution >= 4 is 17.8 Å². The highest BCUT2D eigenvalue weighted by Crippen LogP contribution is 2.25. The summed E-state index contributed by atoms with van der Waals surface area (Å²) in [6, 6.07) is 0.428. The van der Waals surface area contributed by atoms with Crippen molar-refractivity contribution in [2.75, 3.05) is 16.8 Å². The fourth-order valence-electron chi connectivity index (χ4n) is 2.06. The molecule has 1 aromatic heterocycles. The van der Waals surface area contributed by atoms with E-state index >= 15 is 0 Å². The molecule has 0 atom stereocenters. The highest BCUT2D eigenvalue weighted by atomic mass is 15.2. The van der Waals surface area contributed by atoms with Gasteiger partial charge in [-0.15, -0.1) is 0 Å². The molecule has 0 aromatic carbocycles. The average molecular weight is 222 g/mol. The summed E-state index contributed by atoms with van der Waals surface area (Å²) in [6.45, 7) is 2.29. The molecule has 1 fully saturated rings. The Balaban J connectivity index is 1.98. The van der Waals surface area contributed by atoms with E-state index in [1.807, 2.05) is 0 Å². The van der Waals surface area contributed by atoms with E-state index in [0.717, 1.165) is 18.8 Å². The SMILES string of the molecule is CC1CCC(Nc2nc(N)nc(N)n2)CC1. The molecular formula is C10H18N6. The second kappa shape index (κ2) is 4.51. The van der Waals surface area contributed by atoms with Gasteiger partial charge in [0.25, 0.3) is 0 Å². The van der Waals surface area contributed by atoms with Gasteiger partial charge in [0.05, 0.1) is 0 Å². The Morgan fingerprint density at radius 1 is 1.00 bits per heavy atom. The van der Waals surface area contributed by atoms with Crippen LogP contribution in [0.4, 0.5) is 17.8 Å². The lowest BCUT2D eigenvalue weighted by Crippen LogP contribution is -2.26. The molecule has 0 unspecified atom stereocenters. The predicted octanol–water partition coefficient (Wildman–Crippen LogP) is 1.03.